The number of anilines is 1. The van der Waals surface area contributed by atoms with Gasteiger partial charge in [-0.25, -0.2) is 0 Å². The number of aliphatic imine (C=N–C) groups is 1. The summed E-state index contributed by atoms with van der Waals surface area (Å²) in [5.74, 6) is 1.34. The van der Waals surface area contributed by atoms with Gasteiger partial charge in [-0.2, -0.15) is 0 Å². The average Bonchev–Trinajstić information content (AvgIpc) is 3.68. The summed E-state index contributed by atoms with van der Waals surface area (Å²) in [5, 5.41) is 5.91. The number of nitrogens with zero attached hydrogens (tertiary/aromatic N) is 3. The fraction of sp³-hybridized carbons (Fsp3) is 0.357. The van der Waals surface area contributed by atoms with Crippen molar-refractivity contribution >= 4 is 29.6 Å². The Bertz CT molecular complexity index is 2090. The van der Waals surface area contributed by atoms with Gasteiger partial charge in [-0.3, -0.25) is 29.5 Å². The summed E-state index contributed by atoms with van der Waals surface area (Å²) in [4.78, 5) is 55.8. The molecule has 274 valence electrons. The third kappa shape index (κ3) is 7.74. The molecule has 3 aliphatic heterocycles. The highest BCUT2D eigenvalue weighted by Gasteiger charge is 2.28. The number of methoxy groups -OCH3 is 2. The van der Waals surface area contributed by atoms with E-state index < -0.39 is 0 Å². The molecule has 1 unspecified atom stereocenters. The Kier molecular flexibility index (Phi) is 10.4. The van der Waals surface area contributed by atoms with Crippen LogP contribution in [-0.2, 0) is 47.4 Å². The molecule has 0 aliphatic carbocycles. The van der Waals surface area contributed by atoms with Crippen LogP contribution in [0.25, 0.3) is 11.1 Å². The normalized spacial score (nSPS) is 17.0. The number of ether oxygens (including phenoxy) is 2. The molecule has 11 heteroatoms. The summed E-state index contributed by atoms with van der Waals surface area (Å²) in [6.07, 6.45) is 7.40. The van der Waals surface area contributed by atoms with Gasteiger partial charge in [0.1, 0.15) is 11.5 Å². The molecule has 3 aliphatic rings. The molecule has 3 aromatic carbocycles. The molecule has 2 N–H and O–H groups in total. The van der Waals surface area contributed by atoms with E-state index in [0.29, 0.717) is 61.8 Å². The molecule has 0 spiro atoms. The number of hydrogen-bond acceptors (Lipinski definition) is 8. The minimum absolute atomic E-state index is 0.0399. The molecule has 2 fully saturated rings. The quantitative estimate of drug-likeness (QED) is 0.205. The smallest absolute Gasteiger partial charge is 0.256 e. The van der Waals surface area contributed by atoms with Crippen LogP contribution >= 0.6 is 0 Å². The fourth-order valence-corrected chi connectivity index (χ4v) is 7.71. The predicted octanol–water partition coefficient (Wildman–Crippen LogP) is 5.16. The molecule has 4 heterocycles. The van der Waals surface area contributed by atoms with E-state index in [4.69, 9.17) is 9.47 Å². The van der Waals surface area contributed by atoms with Crippen molar-refractivity contribution < 1.29 is 23.9 Å². The van der Waals surface area contributed by atoms with Gasteiger partial charge < -0.3 is 24.3 Å². The first-order valence-electron chi connectivity index (χ1n) is 18.2. The van der Waals surface area contributed by atoms with Gasteiger partial charge in [-0.1, -0.05) is 36.4 Å². The van der Waals surface area contributed by atoms with Gasteiger partial charge in [-0.05, 0) is 78.1 Å². The number of nitrogens with one attached hydrogen (secondary N) is 2. The Hall–Kier alpha value is -5.71. The van der Waals surface area contributed by atoms with Crippen LogP contribution in [0.5, 0.6) is 11.5 Å². The highest BCUT2D eigenvalue weighted by Crippen LogP contribution is 2.37. The third-order valence-corrected chi connectivity index (χ3v) is 10.8. The van der Waals surface area contributed by atoms with Gasteiger partial charge in [0.05, 0.1) is 32.7 Å². The number of hydrogen-bond donors (Lipinski definition) is 2. The standard InChI is InChI=1S/C42H45N5O6/c1-46-25-36(33-22-43-23-34(33)42(46)51)31-20-37(52-2)35(38(21-31)53-3)24-44-32-11-6-27(7-12-32)19-40(49)47-16-14-29(15-17-47)28-8-4-26(5-9-28)18-30-10-13-39(48)45-41(30)50/h4-9,11-12,20-22,25,29-30,44H,10,13-19,23-24H2,1-3H3,(H,45,48,50). The van der Waals surface area contributed by atoms with Crippen LogP contribution in [0.2, 0.25) is 0 Å². The van der Waals surface area contributed by atoms with Crippen molar-refractivity contribution in [3.8, 4) is 22.6 Å². The molecule has 0 radical (unpaired) electrons. The maximum Gasteiger partial charge on any atom is 0.256 e. The molecule has 7 rings (SSSR count). The minimum atomic E-state index is -0.185. The van der Waals surface area contributed by atoms with Crippen LogP contribution in [0, 0.1) is 5.92 Å². The monoisotopic (exact) mass is 715 g/mol. The zero-order valence-corrected chi connectivity index (χ0v) is 30.4. The molecule has 4 aromatic rings. The van der Waals surface area contributed by atoms with E-state index in [1.807, 2.05) is 47.5 Å². The molecule has 53 heavy (non-hydrogen) atoms. The Balaban J connectivity index is 0.920. The SMILES string of the molecule is COc1cc(-c2cn(C)c(=O)c3c2C=NC3)cc(OC)c1CNc1ccc(CC(=O)N2CCC(c3ccc(CC4CCC(=O)NC4=O)cc3)CC2)cc1. The van der Waals surface area contributed by atoms with E-state index in [0.717, 1.165) is 65.0 Å². The number of benzene rings is 3. The van der Waals surface area contributed by atoms with Crippen LogP contribution in [0.3, 0.4) is 0 Å². The molecule has 3 amide bonds. The van der Waals surface area contributed by atoms with Gasteiger partial charge in [0.2, 0.25) is 17.7 Å². The number of rotatable bonds is 11. The first kappa shape index (κ1) is 35.7. The van der Waals surface area contributed by atoms with Crippen LogP contribution < -0.4 is 25.7 Å². The highest BCUT2D eigenvalue weighted by molar-refractivity contribution is 5.98. The molecule has 0 bridgehead atoms. The van der Waals surface area contributed by atoms with Crippen LogP contribution in [-0.4, -0.2) is 60.7 Å². The number of carbonyl (C=O) groups is 3. The van der Waals surface area contributed by atoms with Crippen molar-refractivity contribution in [1.29, 1.82) is 0 Å². The zero-order valence-electron chi connectivity index (χ0n) is 30.4. The van der Waals surface area contributed by atoms with Crippen molar-refractivity contribution in [1.82, 2.24) is 14.8 Å². The number of aryl methyl sites for hydroxylation is 1. The largest absolute Gasteiger partial charge is 0.496 e. The van der Waals surface area contributed by atoms with E-state index in [2.05, 4.69) is 39.9 Å². The Labute approximate surface area is 309 Å². The third-order valence-electron chi connectivity index (χ3n) is 10.8. The maximum absolute atomic E-state index is 13.3. The second kappa shape index (κ2) is 15.5. The van der Waals surface area contributed by atoms with Crippen molar-refractivity contribution in [3.63, 3.8) is 0 Å². The lowest BCUT2D eigenvalue weighted by Crippen LogP contribution is -2.41. The lowest BCUT2D eigenvalue weighted by molar-refractivity contribution is -0.136. The number of carbonyl (C=O) groups excluding carboxylic acids is 3. The summed E-state index contributed by atoms with van der Waals surface area (Å²) < 4.78 is 13.2. The summed E-state index contributed by atoms with van der Waals surface area (Å²) in [6, 6.07) is 20.4. The summed E-state index contributed by atoms with van der Waals surface area (Å²) in [5.41, 5.74) is 8.34. The first-order valence-corrected chi connectivity index (χ1v) is 18.2. The van der Waals surface area contributed by atoms with E-state index >= 15 is 0 Å². The number of piperidine rings is 2. The number of likely N-dealkylation sites (tertiary alicyclic amines) is 1. The van der Waals surface area contributed by atoms with E-state index in [1.165, 1.54) is 5.56 Å². The van der Waals surface area contributed by atoms with Gasteiger partial charge in [0.25, 0.3) is 5.56 Å². The maximum atomic E-state index is 13.3. The number of amides is 3. The zero-order chi connectivity index (χ0) is 37.1. The summed E-state index contributed by atoms with van der Waals surface area (Å²) in [6.45, 7) is 2.28. The van der Waals surface area contributed by atoms with Gasteiger partial charge >= 0.3 is 0 Å². The Morgan fingerprint density at radius 1 is 0.925 bits per heavy atom. The number of imide groups is 1. The van der Waals surface area contributed by atoms with E-state index in [-0.39, 0.29) is 29.2 Å². The summed E-state index contributed by atoms with van der Waals surface area (Å²) >= 11 is 0. The molecular formula is C42H45N5O6. The van der Waals surface area contributed by atoms with Gasteiger partial charge in [0.15, 0.2) is 0 Å². The topological polar surface area (TPSA) is 131 Å². The highest BCUT2D eigenvalue weighted by atomic mass is 16.5. The molecular weight excluding hydrogens is 670 g/mol. The van der Waals surface area contributed by atoms with Gasteiger partial charge in [0, 0.05) is 73.8 Å². The van der Waals surface area contributed by atoms with Crippen LogP contribution in [0.4, 0.5) is 5.69 Å². The van der Waals surface area contributed by atoms with Crippen molar-refractivity contribution in [2.45, 2.75) is 57.5 Å². The molecule has 11 nitrogen and oxygen atoms in total. The Morgan fingerprint density at radius 3 is 2.26 bits per heavy atom. The van der Waals surface area contributed by atoms with Crippen LogP contribution in [0.1, 0.15) is 65.0 Å². The number of fused-ring (bicyclic) bond motifs is 1. The molecule has 0 saturated carbocycles. The van der Waals surface area contributed by atoms with Gasteiger partial charge in [-0.15, -0.1) is 0 Å². The second-order valence-electron chi connectivity index (χ2n) is 14.2. The number of aromatic nitrogens is 1. The Morgan fingerprint density at radius 2 is 1.60 bits per heavy atom. The van der Waals surface area contributed by atoms with Crippen molar-refractivity contribution in [2.24, 2.45) is 18.0 Å². The second-order valence-corrected chi connectivity index (χ2v) is 14.2. The van der Waals surface area contributed by atoms with Crippen LogP contribution in [0.15, 0.2) is 76.6 Å². The number of pyridine rings is 1. The summed E-state index contributed by atoms with van der Waals surface area (Å²) in [7, 11) is 5.01. The van der Waals surface area contributed by atoms with E-state index in [9.17, 15) is 19.2 Å². The average molecular weight is 716 g/mol. The minimum Gasteiger partial charge on any atom is -0.496 e. The molecule has 2 saturated heterocycles. The van der Waals surface area contributed by atoms with Crippen molar-refractivity contribution in [3.05, 3.63) is 111 Å². The first-order chi connectivity index (χ1) is 25.7. The fourth-order valence-electron chi connectivity index (χ4n) is 7.71. The van der Waals surface area contributed by atoms with Crippen molar-refractivity contribution in [2.75, 3.05) is 32.6 Å². The lowest BCUT2D eigenvalue weighted by Gasteiger charge is -2.32. The predicted molar refractivity (Wildman–Crippen MR) is 204 cm³/mol. The van der Waals surface area contributed by atoms with E-state index in [1.54, 1.807) is 32.0 Å². The molecule has 1 aromatic heterocycles. The lowest BCUT2D eigenvalue weighted by atomic mass is 9.87. The molecule has 1 atom stereocenters.